The van der Waals surface area contributed by atoms with Crippen LogP contribution in [0.5, 0.6) is 0 Å². The molecule has 8 amide bonds. The summed E-state index contributed by atoms with van der Waals surface area (Å²) in [6, 6.07) is -10.3. The van der Waals surface area contributed by atoms with Gasteiger partial charge in [-0.3, -0.25) is 68.4 Å². The molecular formula is C38H74ClN21O10S2. The molecule has 34 heteroatoms. The molecule has 0 aliphatic carbocycles. The number of amides is 8. The van der Waals surface area contributed by atoms with Gasteiger partial charge in [-0.05, 0) is 65.2 Å². The summed E-state index contributed by atoms with van der Waals surface area (Å²) in [4.78, 5) is 133. The van der Waals surface area contributed by atoms with Crippen molar-refractivity contribution in [2.24, 2.45) is 77.3 Å². The molecule has 31 nitrogen and oxygen atoms in total. The monoisotopic (exact) mass is 1080 g/mol. The number of nitrogens with zero attached hydrogens (tertiary/aromatic N) is 4. The summed E-state index contributed by atoms with van der Waals surface area (Å²) in [6.45, 7) is 4.03. The van der Waals surface area contributed by atoms with Gasteiger partial charge in [-0.25, -0.2) is 0 Å². The van der Waals surface area contributed by atoms with Gasteiger partial charge in [0.15, 0.2) is 23.8 Å². The maximum absolute atomic E-state index is 14.1. The number of guanidine groups is 4. The topological polar surface area (TPSA) is 568 Å². The zero-order valence-corrected chi connectivity index (χ0v) is 42.9. The molecule has 28 N–H and O–H groups in total. The Labute approximate surface area is 430 Å². The molecule has 0 saturated heterocycles. The maximum atomic E-state index is 14.1. The van der Waals surface area contributed by atoms with E-state index < -0.39 is 102 Å². The lowest BCUT2D eigenvalue weighted by Gasteiger charge is -2.27. The van der Waals surface area contributed by atoms with Crippen molar-refractivity contribution in [1.29, 1.82) is 0 Å². The number of aliphatic imine (C=N–C) groups is 4. The molecule has 0 unspecified atom stereocenters. The van der Waals surface area contributed by atoms with Gasteiger partial charge in [-0.1, -0.05) is 21.6 Å². The third kappa shape index (κ3) is 31.6. The number of hydrogen-bond acceptors (Lipinski definition) is 17. The summed E-state index contributed by atoms with van der Waals surface area (Å²) in [7, 11) is 2.01. The second-order valence-electron chi connectivity index (χ2n) is 15.7. The Hall–Kier alpha value is -6.58. The summed E-state index contributed by atoms with van der Waals surface area (Å²) in [5, 5.41) is 26.3. The summed E-state index contributed by atoms with van der Waals surface area (Å²) < 4.78 is 0. The van der Waals surface area contributed by atoms with Crippen LogP contribution < -0.4 is 94.6 Å². The van der Waals surface area contributed by atoms with E-state index in [-0.39, 0.29) is 119 Å². The summed E-state index contributed by atoms with van der Waals surface area (Å²) >= 11 is 0. The zero-order chi connectivity index (χ0) is 54.2. The highest BCUT2D eigenvalue weighted by Crippen LogP contribution is 2.23. The predicted molar refractivity (Wildman–Crippen MR) is 277 cm³/mol. The van der Waals surface area contributed by atoms with E-state index in [1.807, 2.05) is 0 Å². The van der Waals surface area contributed by atoms with Gasteiger partial charge in [-0.15, -0.1) is 12.4 Å². The lowest BCUT2D eigenvalue weighted by molar-refractivity contribution is -0.138. The minimum absolute atomic E-state index is 0. The number of rotatable bonds is 35. The van der Waals surface area contributed by atoms with Gasteiger partial charge in [0.05, 0.1) is 6.04 Å². The molecule has 0 spiro atoms. The molecule has 0 heterocycles. The number of nitrogens with one attached hydrogen (secondary N) is 7. The number of imide groups is 1. The van der Waals surface area contributed by atoms with Gasteiger partial charge < -0.3 is 94.3 Å². The third-order valence-electron chi connectivity index (χ3n) is 9.36. The molecule has 72 heavy (non-hydrogen) atoms. The molecule has 8 atom stereocenters. The van der Waals surface area contributed by atoms with Gasteiger partial charge in [0.25, 0.3) is 0 Å². The fourth-order valence-corrected chi connectivity index (χ4v) is 7.90. The van der Waals surface area contributed by atoms with Crippen molar-refractivity contribution >= 4 is 111 Å². The molecule has 0 bridgehead atoms. The minimum Gasteiger partial charge on any atom is -0.480 e. The number of nitrogens with two attached hydrogens (primary N) is 10. The van der Waals surface area contributed by atoms with Crippen LogP contribution in [0.4, 0.5) is 0 Å². The van der Waals surface area contributed by atoms with Crippen LogP contribution in [0, 0.1) is 0 Å². The molecule has 0 aliphatic rings. The van der Waals surface area contributed by atoms with Gasteiger partial charge in [-0.2, -0.15) is 0 Å². The van der Waals surface area contributed by atoms with Crippen molar-refractivity contribution in [2.45, 2.75) is 120 Å². The van der Waals surface area contributed by atoms with Crippen LogP contribution in [0.1, 0.15) is 72.1 Å². The van der Waals surface area contributed by atoms with Crippen LogP contribution in [0.15, 0.2) is 20.0 Å². The summed E-state index contributed by atoms with van der Waals surface area (Å²) in [5.74, 6) is -8.85. The third-order valence-corrected chi connectivity index (χ3v) is 11.8. The molecule has 0 aromatic carbocycles. The van der Waals surface area contributed by atoms with E-state index in [0.717, 1.165) is 28.5 Å². The van der Waals surface area contributed by atoms with Crippen LogP contribution in [-0.4, -0.2) is 168 Å². The molecule has 410 valence electrons. The van der Waals surface area contributed by atoms with E-state index in [9.17, 15) is 43.2 Å². The second-order valence-corrected chi connectivity index (χ2v) is 18.2. The lowest BCUT2D eigenvalue weighted by atomic mass is 10.0. The van der Waals surface area contributed by atoms with E-state index >= 15 is 0 Å². The molecule has 0 rings (SSSR count). The number of carboxylic acid groups (broad SMARTS) is 1. The van der Waals surface area contributed by atoms with Gasteiger partial charge in [0.2, 0.25) is 47.3 Å². The van der Waals surface area contributed by atoms with Gasteiger partial charge >= 0.3 is 5.97 Å². The first kappa shape index (κ1) is 67.5. The van der Waals surface area contributed by atoms with Crippen LogP contribution >= 0.6 is 34.0 Å². The first-order valence-electron chi connectivity index (χ1n) is 22.1. The fourth-order valence-electron chi connectivity index (χ4n) is 5.62. The summed E-state index contributed by atoms with van der Waals surface area (Å²) in [5.41, 5.74) is 54.9. The van der Waals surface area contributed by atoms with E-state index in [2.05, 4.69) is 57.2 Å². The molecular weight excluding hydrogens is 1010 g/mol. The molecule has 0 aromatic rings. The number of carbonyl (C=O) groups excluding carboxylic acids is 8. The number of hydrogen-bond donors (Lipinski definition) is 18. The first-order chi connectivity index (χ1) is 33.2. The van der Waals surface area contributed by atoms with Gasteiger partial charge in [0.1, 0.15) is 42.3 Å². The Morgan fingerprint density at radius 1 is 0.444 bits per heavy atom. The Balaban J connectivity index is 0. The average Bonchev–Trinajstić information content (AvgIpc) is 3.27. The fraction of sp³-hybridized carbons (Fsp3) is 0.658. The highest BCUT2D eigenvalue weighted by Gasteiger charge is 2.32. The zero-order valence-electron chi connectivity index (χ0n) is 40.4. The van der Waals surface area contributed by atoms with Crippen molar-refractivity contribution in [1.82, 2.24) is 37.2 Å². The number of carboxylic acids is 1. The quantitative estimate of drug-likeness (QED) is 0.0121. The van der Waals surface area contributed by atoms with Crippen LogP contribution in [-0.2, 0) is 43.2 Å². The van der Waals surface area contributed by atoms with Crippen molar-refractivity contribution in [2.75, 3.05) is 37.7 Å². The molecule has 0 aromatic heterocycles. The Morgan fingerprint density at radius 2 is 0.764 bits per heavy atom. The number of carbonyl (C=O) groups is 9. The standard InChI is InChI=1S/C38H73N21O10S2.ClH/c1-18(53-29(63)21(39)8-4-12-49-35(41)42)27(61)56-24(10-6-14-51-37(45)46)31(65)58-25(11-7-15-52-38(47)48)32(66)57-23(9-5-13-50-36(43)44)30(64)54-19(2)28(62)59-26(33(67)55-20(3)60)17-71-70-16-22(40)34(68)69;/h18-19,21-26H,4-17,39-40H2,1-3H3,(H,53,63)(H,54,64)(H,56,61)(H,57,66)(H,58,65)(H,59,62)(H,68,69)(H4,41,42,49)(H4,43,44,50)(H4,45,46,51)(H4,47,48,52)(H,55,60,67);1H/t18-,19-,21-,22+,23-,24-,25-,26-;/m1./s1. The van der Waals surface area contributed by atoms with Crippen LogP contribution in [0.25, 0.3) is 0 Å². The largest absolute Gasteiger partial charge is 0.480 e. The Morgan fingerprint density at radius 3 is 1.12 bits per heavy atom. The number of halogens is 1. The van der Waals surface area contributed by atoms with E-state index in [1.165, 1.54) is 13.8 Å². The molecule has 0 aliphatic heterocycles. The van der Waals surface area contributed by atoms with Crippen molar-refractivity contribution in [3.8, 4) is 0 Å². The predicted octanol–water partition coefficient (Wildman–Crippen LogP) is -7.65. The highest BCUT2D eigenvalue weighted by atomic mass is 35.5. The molecule has 0 radical (unpaired) electrons. The van der Waals surface area contributed by atoms with Gasteiger partial charge in [0, 0.05) is 44.6 Å². The van der Waals surface area contributed by atoms with Crippen LogP contribution in [0.2, 0.25) is 0 Å². The van der Waals surface area contributed by atoms with Crippen molar-refractivity contribution in [3.05, 3.63) is 0 Å². The average molecular weight is 1080 g/mol. The summed E-state index contributed by atoms with van der Waals surface area (Å²) in [6.07, 6.45) is 0.662. The van der Waals surface area contributed by atoms with E-state index in [4.69, 9.17) is 62.4 Å². The van der Waals surface area contributed by atoms with E-state index in [0.29, 0.717) is 6.42 Å². The number of aliphatic carboxylic acids is 1. The van der Waals surface area contributed by atoms with E-state index in [1.54, 1.807) is 0 Å². The Kier molecular flexibility index (Phi) is 34.9. The van der Waals surface area contributed by atoms with Crippen LogP contribution in [0.3, 0.4) is 0 Å². The maximum Gasteiger partial charge on any atom is 0.321 e. The lowest BCUT2D eigenvalue weighted by Crippen LogP contribution is -2.59. The minimum atomic E-state index is -1.41. The molecule has 0 fully saturated rings. The Bertz CT molecular complexity index is 1920. The SMILES string of the molecule is CC(=O)NC(=O)[C@@H](CSSC[C@H](N)C(=O)O)NC(=O)[C@@H](C)NC(=O)[C@@H](CCCN=C(N)N)NC(=O)[C@@H](CCCN=C(N)N)NC(=O)[C@@H](CCCN=C(N)N)NC(=O)[C@@H](C)NC(=O)[C@H](N)CCCN=C(N)N.Cl. The van der Waals surface area contributed by atoms with Crippen molar-refractivity contribution in [3.63, 3.8) is 0 Å². The first-order valence-corrected chi connectivity index (χ1v) is 24.6. The smallest absolute Gasteiger partial charge is 0.321 e. The molecule has 0 saturated carbocycles. The highest BCUT2D eigenvalue weighted by molar-refractivity contribution is 8.76. The van der Waals surface area contributed by atoms with Crippen molar-refractivity contribution < 1.29 is 48.3 Å². The second kappa shape index (κ2) is 37.2. The normalized spacial score (nSPS) is 13.8.